The van der Waals surface area contributed by atoms with Gasteiger partial charge in [0.1, 0.15) is 68.5 Å². The second-order valence-electron chi connectivity index (χ2n) is 31.1. The number of alkyl halides is 3. The number of phenolic OH excluding ortho intramolecular Hbond substituents is 2. The fraction of sp³-hybridized carbons (Fsp3) is 0.414. The van der Waals surface area contributed by atoms with Crippen LogP contribution in [0.5, 0.6) is 34.5 Å². The van der Waals surface area contributed by atoms with Gasteiger partial charge in [-0.25, -0.2) is 48.2 Å². The Hall–Kier alpha value is -8.76. The number of benzene rings is 6. The normalized spacial score (nSPS) is 11.9. The molecule has 12 aromatic rings. The maximum absolute atomic E-state index is 11.8. The van der Waals surface area contributed by atoms with Gasteiger partial charge in [0.25, 0.3) is 0 Å². The molecule has 0 spiro atoms. The van der Waals surface area contributed by atoms with Crippen LogP contribution >= 0.6 is 99.1 Å². The number of nitrogens with zero attached hydrogens (tertiary/aromatic N) is 9. The number of imidazole rings is 3. The van der Waals surface area contributed by atoms with Crippen molar-refractivity contribution in [1.29, 1.82) is 0 Å². The van der Waals surface area contributed by atoms with Gasteiger partial charge in [-0.2, -0.15) is 0 Å². The monoisotopic (exact) mass is 2260 g/mol. The van der Waals surface area contributed by atoms with E-state index in [0.29, 0.717) is 148 Å². The SMILES string of the molecule is CCCCc1nc2c(N)nc3cc(CCCOCCCNC(=O)CI)ccc3c2n1Cc1cc(O)ccc1OP(=O)(O)O.CCCCc1nc2c(N)nc3cc(CCCOCCCNC(=O)CI)ccc3c2n1Cc1cc(OP(=O)(O)O)ccc1O.CCCCc1nc2c(N)nc3cc(CCCOCCCNC(=O)CI)ccc3c2n1Cc1cc(OP(=O)(O)O)ccc1OP(=O)(O)O. The Kier molecular flexibility index (Phi) is 40.7. The number of anilines is 3. The summed E-state index contributed by atoms with van der Waals surface area (Å²) in [5.41, 5.74) is 29.3. The minimum absolute atomic E-state index is 0.00862. The van der Waals surface area contributed by atoms with Crippen LogP contribution in [0.25, 0.3) is 65.8 Å². The summed E-state index contributed by atoms with van der Waals surface area (Å²) < 4.78 is 90.0. The summed E-state index contributed by atoms with van der Waals surface area (Å²) >= 11 is 6.08. The summed E-state index contributed by atoms with van der Waals surface area (Å²) in [5, 5.41) is 31.7. The predicted octanol–water partition coefficient (Wildman–Crippen LogP) is 13.6. The van der Waals surface area contributed by atoms with E-state index in [2.05, 4.69) is 44.7 Å². The number of amides is 3. The summed E-state index contributed by atoms with van der Waals surface area (Å²) in [6.45, 7) is 11.8. The Morgan fingerprint density at radius 3 is 1.01 bits per heavy atom. The van der Waals surface area contributed by atoms with Gasteiger partial charge in [0.05, 0.1) is 66.0 Å². The van der Waals surface area contributed by atoms with Crippen molar-refractivity contribution in [3.63, 3.8) is 0 Å². The molecule has 46 heteroatoms. The molecule has 0 bridgehead atoms. The van der Waals surface area contributed by atoms with E-state index in [4.69, 9.17) is 64.5 Å². The lowest BCUT2D eigenvalue weighted by molar-refractivity contribution is -0.119. The van der Waals surface area contributed by atoms with E-state index in [1.165, 1.54) is 48.5 Å². The van der Waals surface area contributed by atoms with Gasteiger partial charge in [-0.05, 0) is 167 Å². The second kappa shape index (κ2) is 50.9. The molecule has 6 aromatic carbocycles. The number of nitrogens with one attached hydrogen (secondary N) is 3. The van der Waals surface area contributed by atoms with Crippen LogP contribution in [0.1, 0.15) is 149 Å². The third kappa shape index (κ3) is 32.5. The lowest BCUT2D eigenvalue weighted by atomic mass is 10.1. The zero-order valence-electron chi connectivity index (χ0n) is 73.6. The molecule has 0 radical (unpaired) electrons. The molecule has 0 unspecified atom stereocenters. The van der Waals surface area contributed by atoms with E-state index in [9.17, 15) is 82.0 Å². The van der Waals surface area contributed by atoms with Crippen molar-refractivity contribution in [1.82, 2.24) is 59.6 Å². The number of phosphoric ester groups is 4. The number of carbonyl (C=O) groups excluding carboxylic acids is 3. The molecule has 0 atom stereocenters. The highest BCUT2D eigenvalue weighted by Gasteiger charge is 2.29. The van der Waals surface area contributed by atoms with Crippen molar-refractivity contribution in [2.45, 2.75) is 156 Å². The molecule has 12 rings (SSSR count). The minimum atomic E-state index is -4.99. The quantitative estimate of drug-likeness (QED) is 0.00728. The Morgan fingerprint density at radius 2 is 0.677 bits per heavy atom. The fourth-order valence-corrected chi connectivity index (χ4v) is 17.2. The van der Waals surface area contributed by atoms with Crippen LogP contribution in [0.3, 0.4) is 0 Å². The van der Waals surface area contributed by atoms with Gasteiger partial charge in [0.15, 0.2) is 17.5 Å². The van der Waals surface area contributed by atoms with Crippen LogP contribution in [0.15, 0.2) is 109 Å². The number of rotatable bonds is 50. The van der Waals surface area contributed by atoms with Crippen LogP contribution in [0, 0.1) is 0 Å². The number of aryl methyl sites for hydroxylation is 6. The number of carbonyl (C=O) groups is 3. The number of hydrogen-bond acceptors (Lipinski definition) is 25. The fourth-order valence-electron chi connectivity index (χ4n) is 14.7. The molecule has 0 saturated heterocycles. The average molecular weight is 2260 g/mol. The number of phosphoric acid groups is 4. The van der Waals surface area contributed by atoms with Crippen molar-refractivity contribution in [3.8, 4) is 34.5 Å². The summed E-state index contributed by atoms with van der Waals surface area (Å²) in [5.74, 6) is 2.44. The molecule has 6 aromatic heterocycles. The molecular weight excluding hydrogens is 2140 g/mol. The molecular formula is C87H112I3N15O24P4. The molecule has 39 nitrogen and oxygen atoms in total. The standard InChI is InChI=1S/C29H38IN5O10P2.2C29H37IN5O7P/c1-2-3-7-25-34-27-28(35(25)18-20-16-21(44-46(37,38)39)9-11-24(20)45-47(40,41)42)22-10-8-19(15-23(22)33-29(27)31)6-4-13-43-14-5-12-32-26(36)17-30;1-2-3-7-25-34-27-28(35(25)18-20-16-21(9-11-24(20)36)42-43(38,39)40)22-10-8-19(15-23(22)33-29(27)31)6-4-13-41-14-5-12-32-26(37)17-30;1-2-3-7-25-34-27-28(35(25)18-20-16-21(36)9-11-24(20)42-43(38,39)40)22-10-8-19(15-23(22)33-29(27)31)6-4-13-41-14-5-12-32-26(37)17-30/h8-11,15-16H,2-7,12-14,17-18H2,1H3,(H2,31,33)(H,32,36)(H2,37,38,39)(H2,40,41,42);2*8-11,15-16,36H,2-7,12-14,17-18H2,1H3,(H2,31,33)(H,32,37)(H2,38,39,40). The van der Waals surface area contributed by atoms with Crippen LogP contribution in [0.4, 0.5) is 17.5 Å². The third-order valence-electron chi connectivity index (χ3n) is 20.8. The number of unbranched alkanes of at least 4 members (excludes halogenated alkanes) is 3. The highest BCUT2D eigenvalue weighted by molar-refractivity contribution is 14.1. The maximum atomic E-state index is 11.8. The summed E-state index contributed by atoms with van der Waals surface area (Å²) in [4.78, 5) is 137. The lowest BCUT2D eigenvalue weighted by Crippen LogP contribution is -2.25. The average Bonchev–Trinajstić information content (AvgIpc) is 1.61. The highest BCUT2D eigenvalue weighted by atomic mass is 127. The van der Waals surface area contributed by atoms with E-state index in [1.54, 1.807) is 0 Å². The van der Waals surface area contributed by atoms with Gasteiger partial charge in [0.2, 0.25) is 17.7 Å². The van der Waals surface area contributed by atoms with Crippen molar-refractivity contribution >= 4 is 200 Å². The van der Waals surface area contributed by atoms with E-state index in [1.807, 2.05) is 143 Å². The number of ether oxygens (including phenoxy) is 3. The number of nitrogen functional groups attached to an aromatic ring is 3. The number of hydrogen-bond donors (Lipinski definition) is 16. The number of aromatic nitrogens is 9. The first kappa shape index (κ1) is 106. The summed E-state index contributed by atoms with van der Waals surface area (Å²) in [6.07, 6.45) is 14.2. The first-order chi connectivity index (χ1) is 63.5. The van der Waals surface area contributed by atoms with Gasteiger partial charge in [0, 0.05) is 111 Å². The van der Waals surface area contributed by atoms with Crippen LogP contribution in [0.2, 0.25) is 0 Å². The van der Waals surface area contributed by atoms with Crippen LogP contribution < -0.4 is 51.2 Å². The molecule has 6 heterocycles. The Morgan fingerprint density at radius 1 is 0.368 bits per heavy atom. The maximum Gasteiger partial charge on any atom is 0.524 e. The molecule has 3 amide bonds. The smallest absolute Gasteiger partial charge is 0.508 e. The first-order valence-corrected chi connectivity index (χ1v) is 53.9. The van der Waals surface area contributed by atoms with Crippen LogP contribution in [-0.4, -0.2) is 183 Å². The van der Waals surface area contributed by atoms with Gasteiger partial charge < -0.3 is 89.4 Å². The minimum Gasteiger partial charge on any atom is -0.508 e. The van der Waals surface area contributed by atoms with Gasteiger partial charge in [-0.3, -0.25) is 53.5 Å². The topological polar surface area (TPSA) is 593 Å². The summed E-state index contributed by atoms with van der Waals surface area (Å²) in [7, 11) is -19.5. The van der Waals surface area contributed by atoms with E-state index in [-0.39, 0.29) is 89.1 Å². The molecule has 19 N–H and O–H groups in total. The van der Waals surface area contributed by atoms with Crippen molar-refractivity contribution < 1.29 is 114 Å². The molecule has 0 aliphatic carbocycles. The number of pyridine rings is 3. The summed E-state index contributed by atoms with van der Waals surface area (Å²) in [6, 6.07) is 29.7. The number of phenols is 2. The van der Waals surface area contributed by atoms with Gasteiger partial charge in [-0.15, -0.1) is 0 Å². The van der Waals surface area contributed by atoms with Crippen molar-refractivity contribution in [2.24, 2.45) is 0 Å². The van der Waals surface area contributed by atoms with Gasteiger partial charge >= 0.3 is 31.3 Å². The molecule has 0 aliphatic rings. The third-order valence-corrected chi connectivity index (χ3v) is 24.6. The zero-order valence-corrected chi connectivity index (χ0v) is 83.6. The Balaban J connectivity index is 0.000000207. The number of fused-ring (bicyclic) bond motifs is 9. The molecule has 720 valence electrons. The van der Waals surface area contributed by atoms with Gasteiger partial charge in [-0.1, -0.05) is 144 Å². The molecule has 0 fully saturated rings. The van der Waals surface area contributed by atoms with E-state index >= 15 is 0 Å². The van der Waals surface area contributed by atoms with Crippen molar-refractivity contribution in [2.75, 3.05) is 89.8 Å². The highest BCUT2D eigenvalue weighted by Crippen LogP contribution is 2.46. The molecule has 133 heavy (non-hydrogen) atoms. The van der Waals surface area contributed by atoms with E-state index < -0.39 is 31.3 Å². The number of halogens is 3. The van der Waals surface area contributed by atoms with E-state index in [0.717, 1.165) is 163 Å². The molecule has 0 saturated carbocycles. The largest absolute Gasteiger partial charge is 0.524 e. The second-order valence-corrected chi connectivity index (χ2v) is 38.1. The lowest BCUT2D eigenvalue weighted by Gasteiger charge is -2.17. The molecule has 0 aliphatic heterocycles. The van der Waals surface area contributed by atoms with Crippen LogP contribution in [-0.2, 0) is 105 Å². The zero-order chi connectivity index (χ0) is 96.2. The number of aromatic hydroxyl groups is 2. The first-order valence-electron chi connectivity index (χ1n) is 43.2. The predicted molar refractivity (Wildman–Crippen MR) is 532 cm³/mol. The Bertz CT molecular complexity index is 6230. The number of nitrogens with two attached hydrogens (primary N) is 3. The Labute approximate surface area is 808 Å². The van der Waals surface area contributed by atoms with Crippen molar-refractivity contribution in [3.05, 3.63) is 160 Å².